The fourth-order valence-corrected chi connectivity index (χ4v) is 3.29. The van der Waals surface area contributed by atoms with Gasteiger partial charge in [0.1, 0.15) is 6.61 Å². The van der Waals surface area contributed by atoms with Crippen LogP contribution in [0.5, 0.6) is 11.5 Å². The summed E-state index contributed by atoms with van der Waals surface area (Å²) >= 11 is 0. The standard InChI is InChI=1S/C19H25NO5/c1-4-11-25-15-9-8-13(12-16(15)24-3)17(21)20-19(2)10-6-5-7-14(19)18(22)23/h4,8-9,12,14H,1,5-7,10-11H2,2-3H3,(H,20,21)(H,22,23). The van der Waals surface area contributed by atoms with E-state index in [-0.39, 0.29) is 5.91 Å². The van der Waals surface area contributed by atoms with Crippen molar-refractivity contribution < 1.29 is 24.2 Å². The maximum Gasteiger partial charge on any atom is 0.308 e. The van der Waals surface area contributed by atoms with Gasteiger partial charge in [0.15, 0.2) is 11.5 Å². The van der Waals surface area contributed by atoms with Crippen LogP contribution in [0.2, 0.25) is 0 Å². The van der Waals surface area contributed by atoms with Crippen molar-refractivity contribution >= 4 is 11.9 Å². The molecule has 1 saturated carbocycles. The zero-order chi connectivity index (χ0) is 18.4. The van der Waals surface area contributed by atoms with Crippen molar-refractivity contribution in [2.45, 2.75) is 38.1 Å². The highest BCUT2D eigenvalue weighted by molar-refractivity contribution is 5.95. The lowest BCUT2D eigenvalue weighted by molar-refractivity contribution is -0.145. The summed E-state index contributed by atoms with van der Waals surface area (Å²) in [5.74, 6) is -0.802. The first kappa shape index (κ1) is 18.8. The van der Waals surface area contributed by atoms with Crippen LogP contribution in [0.25, 0.3) is 0 Å². The molecule has 25 heavy (non-hydrogen) atoms. The normalized spacial score (nSPS) is 22.7. The van der Waals surface area contributed by atoms with Gasteiger partial charge in [-0.3, -0.25) is 9.59 Å². The van der Waals surface area contributed by atoms with Crippen LogP contribution < -0.4 is 14.8 Å². The molecule has 2 rings (SSSR count). The quantitative estimate of drug-likeness (QED) is 0.741. The third-order valence-corrected chi connectivity index (χ3v) is 4.69. The van der Waals surface area contributed by atoms with E-state index in [4.69, 9.17) is 9.47 Å². The average Bonchev–Trinajstić information content (AvgIpc) is 2.59. The number of hydrogen-bond acceptors (Lipinski definition) is 4. The lowest BCUT2D eigenvalue weighted by atomic mass is 9.73. The van der Waals surface area contributed by atoms with E-state index in [1.807, 2.05) is 6.92 Å². The Morgan fingerprint density at radius 1 is 1.40 bits per heavy atom. The SMILES string of the molecule is C=CCOc1ccc(C(=O)NC2(C)CCCCC2C(=O)O)cc1OC. The lowest BCUT2D eigenvalue weighted by Gasteiger charge is -2.39. The number of benzene rings is 1. The maximum atomic E-state index is 12.7. The summed E-state index contributed by atoms with van der Waals surface area (Å²) in [6.45, 7) is 5.73. The molecule has 0 saturated heterocycles. The second kappa shape index (κ2) is 8.05. The molecule has 0 heterocycles. The van der Waals surface area contributed by atoms with Crippen LogP contribution in [0.4, 0.5) is 0 Å². The summed E-state index contributed by atoms with van der Waals surface area (Å²) in [5.41, 5.74) is -0.356. The minimum atomic E-state index is -0.867. The second-order valence-corrected chi connectivity index (χ2v) is 6.47. The van der Waals surface area contributed by atoms with Crippen LogP contribution in [0, 0.1) is 5.92 Å². The van der Waals surface area contributed by atoms with Gasteiger partial charge in [-0.25, -0.2) is 0 Å². The second-order valence-electron chi connectivity index (χ2n) is 6.47. The van der Waals surface area contributed by atoms with Crippen molar-refractivity contribution in [3.05, 3.63) is 36.4 Å². The number of aliphatic carboxylic acids is 1. The molecule has 6 heteroatoms. The Hall–Kier alpha value is -2.50. The van der Waals surface area contributed by atoms with Crippen molar-refractivity contribution in [2.75, 3.05) is 13.7 Å². The predicted molar refractivity (Wildman–Crippen MR) is 94.2 cm³/mol. The van der Waals surface area contributed by atoms with Crippen LogP contribution in [-0.2, 0) is 4.79 Å². The molecule has 0 radical (unpaired) electrons. The largest absolute Gasteiger partial charge is 0.493 e. The highest BCUT2D eigenvalue weighted by Gasteiger charge is 2.42. The Balaban J connectivity index is 2.19. The Kier molecular flexibility index (Phi) is 6.07. The van der Waals surface area contributed by atoms with Crippen molar-refractivity contribution in [3.8, 4) is 11.5 Å². The predicted octanol–water partition coefficient (Wildman–Crippen LogP) is 3.02. The molecule has 2 N–H and O–H groups in total. The van der Waals surface area contributed by atoms with Crippen LogP contribution in [0.1, 0.15) is 43.0 Å². The molecule has 0 aliphatic heterocycles. The van der Waals surface area contributed by atoms with Gasteiger partial charge < -0.3 is 19.9 Å². The first-order valence-electron chi connectivity index (χ1n) is 8.38. The maximum absolute atomic E-state index is 12.7. The molecule has 1 fully saturated rings. The molecule has 2 atom stereocenters. The van der Waals surface area contributed by atoms with Crippen molar-refractivity contribution in [1.82, 2.24) is 5.32 Å². The van der Waals surface area contributed by atoms with E-state index in [0.29, 0.717) is 36.5 Å². The minimum absolute atomic E-state index is 0.316. The van der Waals surface area contributed by atoms with Crippen LogP contribution in [0.15, 0.2) is 30.9 Å². The molecule has 6 nitrogen and oxygen atoms in total. The number of carboxylic acids is 1. The number of methoxy groups -OCH3 is 1. The topological polar surface area (TPSA) is 84.9 Å². The molecule has 1 aliphatic carbocycles. The summed E-state index contributed by atoms with van der Waals surface area (Å²) < 4.78 is 10.8. The van der Waals surface area contributed by atoms with Gasteiger partial charge in [0.05, 0.1) is 18.6 Å². The summed E-state index contributed by atoms with van der Waals surface area (Å²) in [6, 6.07) is 4.89. The van der Waals surface area contributed by atoms with Crippen LogP contribution >= 0.6 is 0 Å². The summed E-state index contributed by atoms with van der Waals surface area (Å²) in [5, 5.41) is 12.4. The van der Waals surface area contributed by atoms with Gasteiger partial charge in [-0.05, 0) is 38.0 Å². The molecule has 0 spiro atoms. The van der Waals surface area contributed by atoms with E-state index in [0.717, 1.165) is 12.8 Å². The van der Waals surface area contributed by atoms with Gasteiger partial charge in [-0.1, -0.05) is 25.5 Å². The van der Waals surface area contributed by atoms with Crippen LogP contribution in [-0.4, -0.2) is 36.2 Å². The monoisotopic (exact) mass is 347 g/mol. The third-order valence-electron chi connectivity index (χ3n) is 4.69. The summed E-state index contributed by atoms with van der Waals surface area (Å²) in [7, 11) is 1.50. The first-order valence-corrected chi connectivity index (χ1v) is 8.38. The molecule has 1 aliphatic rings. The average molecular weight is 347 g/mol. The van der Waals surface area contributed by atoms with Crippen LogP contribution in [0.3, 0.4) is 0 Å². The highest BCUT2D eigenvalue weighted by Crippen LogP contribution is 2.34. The molecular weight excluding hydrogens is 322 g/mol. The highest BCUT2D eigenvalue weighted by atomic mass is 16.5. The third kappa shape index (κ3) is 4.32. The number of carbonyl (C=O) groups is 2. The van der Waals surface area contributed by atoms with E-state index in [1.54, 1.807) is 24.3 Å². The number of amides is 1. The number of nitrogens with one attached hydrogen (secondary N) is 1. The van der Waals surface area contributed by atoms with E-state index in [1.165, 1.54) is 7.11 Å². The van der Waals surface area contributed by atoms with Crippen molar-refractivity contribution in [1.29, 1.82) is 0 Å². The van der Waals surface area contributed by atoms with E-state index in [9.17, 15) is 14.7 Å². The van der Waals surface area contributed by atoms with Gasteiger partial charge >= 0.3 is 5.97 Å². The Labute approximate surface area is 147 Å². The molecule has 1 amide bonds. The number of ether oxygens (including phenoxy) is 2. The Morgan fingerprint density at radius 2 is 2.16 bits per heavy atom. The number of hydrogen-bond donors (Lipinski definition) is 2. The number of carboxylic acid groups (broad SMARTS) is 1. The van der Waals surface area contributed by atoms with E-state index < -0.39 is 17.4 Å². The molecule has 0 bridgehead atoms. The Morgan fingerprint density at radius 3 is 2.80 bits per heavy atom. The fourth-order valence-electron chi connectivity index (χ4n) is 3.29. The zero-order valence-electron chi connectivity index (χ0n) is 14.7. The van der Waals surface area contributed by atoms with Gasteiger partial charge in [0.25, 0.3) is 5.91 Å². The molecule has 0 aromatic heterocycles. The van der Waals surface area contributed by atoms with Crippen molar-refractivity contribution in [3.63, 3.8) is 0 Å². The number of carbonyl (C=O) groups excluding carboxylic acids is 1. The zero-order valence-corrected chi connectivity index (χ0v) is 14.7. The van der Waals surface area contributed by atoms with Gasteiger partial charge in [0.2, 0.25) is 0 Å². The summed E-state index contributed by atoms with van der Waals surface area (Å²) in [4.78, 5) is 24.2. The van der Waals surface area contributed by atoms with Gasteiger partial charge in [-0.15, -0.1) is 0 Å². The van der Waals surface area contributed by atoms with E-state index >= 15 is 0 Å². The molecule has 136 valence electrons. The first-order chi connectivity index (χ1) is 11.9. The fraction of sp³-hybridized carbons (Fsp3) is 0.474. The van der Waals surface area contributed by atoms with Crippen molar-refractivity contribution in [2.24, 2.45) is 5.92 Å². The smallest absolute Gasteiger partial charge is 0.308 e. The molecule has 1 aromatic rings. The van der Waals surface area contributed by atoms with Gasteiger partial charge in [-0.2, -0.15) is 0 Å². The summed E-state index contributed by atoms with van der Waals surface area (Å²) in [6.07, 6.45) is 4.61. The molecule has 1 aromatic carbocycles. The molecular formula is C19H25NO5. The minimum Gasteiger partial charge on any atom is -0.493 e. The van der Waals surface area contributed by atoms with Gasteiger partial charge in [0, 0.05) is 5.56 Å². The van der Waals surface area contributed by atoms with E-state index in [2.05, 4.69) is 11.9 Å². The number of rotatable bonds is 7. The molecule has 2 unspecified atom stereocenters. The lowest BCUT2D eigenvalue weighted by Crippen LogP contribution is -2.55. The Bertz CT molecular complexity index is 657.